The first-order valence-corrected chi connectivity index (χ1v) is 11.4. The van der Waals surface area contributed by atoms with Crippen molar-refractivity contribution < 1.29 is 23.1 Å². The molecule has 0 atom stereocenters. The smallest absolute Gasteiger partial charge is 0.242 e. The molecule has 0 bridgehead atoms. The number of sulfonamides is 1. The highest BCUT2D eigenvalue weighted by Crippen LogP contribution is 2.43. The van der Waals surface area contributed by atoms with Crippen molar-refractivity contribution in [2.75, 3.05) is 19.8 Å². The van der Waals surface area contributed by atoms with E-state index in [1.165, 1.54) is 32.3 Å². The van der Waals surface area contributed by atoms with Crippen molar-refractivity contribution in [3.8, 4) is 5.75 Å². The van der Waals surface area contributed by atoms with E-state index in [1.54, 1.807) is 36.4 Å². The molecule has 1 aliphatic rings. The third-order valence-corrected chi connectivity index (χ3v) is 7.90. The Labute approximate surface area is 183 Å². The van der Waals surface area contributed by atoms with Crippen molar-refractivity contribution in [1.82, 2.24) is 4.31 Å². The zero-order chi connectivity index (χ0) is 22.5. The quantitative estimate of drug-likeness (QED) is 0.359. The summed E-state index contributed by atoms with van der Waals surface area (Å²) in [5, 5.41) is 10.5. The molecule has 3 aromatic carbocycles. The largest absolute Gasteiger partial charge is 0.507 e. The molecule has 7 nitrogen and oxygen atoms in total. The lowest BCUT2D eigenvalue weighted by atomic mass is 9.83. The third kappa shape index (κ3) is 3.40. The number of fused-ring (bicyclic) bond motifs is 2. The lowest BCUT2D eigenvalue weighted by Gasteiger charge is -2.21. The first-order valence-electron chi connectivity index (χ1n) is 9.17. The monoisotopic (exact) mass is 454 g/mol. The number of phenolic OH excluding ortho intramolecular Hbond substituents is 1. The zero-order valence-corrected chi connectivity index (χ0v) is 18.3. The Balaban J connectivity index is 1.75. The summed E-state index contributed by atoms with van der Waals surface area (Å²) in [6, 6.07) is 13.9. The molecule has 0 heterocycles. The van der Waals surface area contributed by atoms with Gasteiger partial charge in [0.25, 0.3) is 0 Å². The molecule has 0 saturated carbocycles. The van der Waals surface area contributed by atoms with E-state index < -0.39 is 21.6 Å². The van der Waals surface area contributed by atoms with Crippen LogP contribution in [0.5, 0.6) is 5.75 Å². The molecule has 3 N–H and O–H groups in total. The van der Waals surface area contributed by atoms with Crippen molar-refractivity contribution in [1.29, 1.82) is 0 Å². The van der Waals surface area contributed by atoms with Gasteiger partial charge in [0.1, 0.15) is 5.75 Å². The molecule has 158 valence electrons. The molecular formula is C22H18N2O5S2. The van der Waals surface area contributed by atoms with Gasteiger partial charge in [-0.05, 0) is 30.3 Å². The van der Waals surface area contributed by atoms with Crippen molar-refractivity contribution >= 4 is 39.0 Å². The molecule has 4 rings (SSSR count). The van der Waals surface area contributed by atoms with Gasteiger partial charge in [0, 0.05) is 35.0 Å². The number of anilines is 1. The second-order valence-corrected chi connectivity index (χ2v) is 10.4. The number of carbonyl (C=O) groups excluding carboxylic acids is 2. The van der Waals surface area contributed by atoms with Gasteiger partial charge in [0.15, 0.2) is 11.6 Å². The van der Waals surface area contributed by atoms with Crippen LogP contribution in [0.3, 0.4) is 0 Å². The van der Waals surface area contributed by atoms with Crippen LogP contribution in [0.15, 0.2) is 69.3 Å². The topological polar surface area (TPSA) is 118 Å². The summed E-state index contributed by atoms with van der Waals surface area (Å²) >= 11 is 1.16. The number of hydrogen-bond donors (Lipinski definition) is 2. The van der Waals surface area contributed by atoms with Gasteiger partial charge in [-0.1, -0.05) is 36.0 Å². The van der Waals surface area contributed by atoms with Crippen LogP contribution in [-0.4, -0.2) is 43.5 Å². The van der Waals surface area contributed by atoms with E-state index in [2.05, 4.69) is 0 Å². The summed E-state index contributed by atoms with van der Waals surface area (Å²) < 4.78 is 25.6. The fourth-order valence-electron chi connectivity index (χ4n) is 3.38. The van der Waals surface area contributed by atoms with E-state index in [9.17, 15) is 23.1 Å². The first kappa shape index (κ1) is 21.1. The van der Waals surface area contributed by atoms with Crippen molar-refractivity contribution in [2.45, 2.75) is 14.7 Å². The van der Waals surface area contributed by atoms with E-state index in [0.29, 0.717) is 9.79 Å². The van der Waals surface area contributed by atoms with Crippen LogP contribution in [0.2, 0.25) is 0 Å². The summed E-state index contributed by atoms with van der Waals surface area (Å²) in [4.78, 5) is 27.1. The Hall–Kier alpha value is -3.14. The lowest BCUT2D eigenvalue weighted by Crippen LogP contribution is -2.22. The normalized spacial score (nSPS) is 13.3. The molecule has 0 amide bonds. The highest BCUT2D eigenvalue weighted by atomic mass is 32.2. The van der Waals surface area contributed by atoms with Gasteiger partial charge in [0.2, 0.25) is 10.0 Å². The van der Waals surface area contributed by atoms with Crippen LogP contribution >= 0.6 is 11.8 Å². The number of carbonyl (C=O) groups is 2. The second-order valence-electron chi connectivity index (χ2n) is 7.12. The predicted molar refractivity (Wildman–Crippen MR) is 117 cm³/mol. The number of aromatic hydroxyl groups is 1. The van der Waals surface area contributed by atoms with E-state index in [4.69, 9.17) is 5.73 Å². The number of nitrogens with zero attached hydrogens (tertiary/aromatic N) is 1. The molecule has 0 radical (unpaired) electrons. The summed E-state index contributed by atoms with van der Waals surface area (Å²) in [6.07, 6.45) is 0. The van der Waals surface area contributed by atoms with Crippen LogP contribution < -0.4 is 5.73 Å². The highest BCUT2D eigenvalue weighted by Gasteiger charge is 2.34. The molecule has 0 aliphatic heterocycles. The average Bonchev–Trinajstić information content (AvgIpc) is 2.74. The summed E-state index contributed by atoms with van der Waals surface area (Å²) in [5.41, 5.74) is 6.71. The number of nitrogens with two attached hydrogens (primary N) is 1. The predicted octanol–water partition coefficient (Wildman–Crippen LogP) is 3.15. The molecule has 0 aromatic heterocycles. The number of ketones is 2. The number of phenols is 1. The van der Waals surface area contributed by atoms with Gasteiger partial charge in [-0.25, -0.2) is 12.7 Å². The molecule has 0 fully saturated rings. The maximum atomic E-state index is 13.0. The lowest BCUT2D eigenvalue weighted by molar-refractivity contribution is 0.0977. The van der Waals surface area contributed by atoms with Crippen molar-refractivity contribution in [3.05, 3.63) is 76.9 Å². The second kappa shape index (κ2) is 7.52. The molecule has 3 aromatic rings. The SMILES string of the molecule is CN(C)S(=O)(=O)c1ccc(Sc2cc(O)c3c(c2N)C(=O)c2ccccc2C3=O)cc1. The zero-order valence-electron chi connectivity index (χ0n) is 16.6. The maximum Gasteiger partial charge on any atom is 0.242 e. The average molecular weight is 455 g/mol. The number of nitrogen functional groups attached to an aromatic ring is 1. The Morgan fingerprint density at radius 1 is 0.903 bits per heavy atom. The summed E-state index contributed by atoms with van der Waals surface area (Å²) in [5.74, 6) is -1.21. The van der Waals surface area contributed by atoms with E-state index in [-0.39, 0.29) is 38.6 Å². The molecule has 0 unspecified atom stereocenters. The summed E-state index contributed by atoms with van der Waals surface area (Å²) in [7, 11) is -0.659. The van der Waals surface area contributed by atoms with E-state index >= 15 is 0 Å². The Kier molecular flexibility index (Phi) is 5.12. The minimum atomic E-state index is -3.56. The Morgan fingerprint density at radius 3 is 2.00 bits per heavy atom. The van der Waals surface area contributed by atoms with Crippen molar-refractivity contribution in [2.24, 2.45) is 0 Å². The Morgan fingerprint density at radius 2 is 1.45 bits per heavy atom. The standard InChI is InChI=1S/C22H18N2O5S2/c1-24(2)31(28,29)13-9-7-12(8-10-13)30-17-11-16(25)18-19(20(17)23)22(27)15-6-4-3-5-14(15)21(18)26/h3-11,25H,23H2,1-2H3. The number of rotatable bonds is 4. The third-order valence-electron chi connectivity index (χ3n) is 5.01. The van der Waals surface area contributed by atoms with Crippen LogP contribution in [0, 0.1) is 0 Å². The molecule has 0 spiro atoms. The van der Waals surface area contributed by atoms with Gasteiger partial charge in [-0.15, -0.1) is 0 Å². The molecule has 0 saturated heterocycles. The van der Waals surface area contributed by atoms with Crippen LogP contribution in [-0.2, 0) is 10.0 Å². The van der Waals surface area contributed by atoms with Crippen LogP contribution in [0.25, 0.3) is 0 Å². The summed E-state index contributed by atoms with van der Waals surface area (Å²) in [6.45, 7) is 0. The highest BCUT2D eigenvalue weighted by molar-refractivity contribution is 7.99. The fraction of sp³-hybridized carbons (Fsp3) is 0.0909. The van der Waals surface area contributed by atoms with E-state index in [0.717, 1.165) is 16.1 Å². The van der Waals surface area contributed by atoms with Gasteiger partial charge in [0.05, 0.1) is 21.7 Å². The Bertz CT molecular complexity index is 1350. The molecule has 9 heteroatoms. The number of hydrogen-bond acceptors (Lipinski definition) is 7. The van der Waals surface area contributed by atoms with Crippen molar-refractivity contribution in [3.63, 3.8) is 0 Å². The van der Waals surface area contributed by atoms with Gasteiger partial charge >= 0.3 is 0 Å². The minimum Gasteiger partial charge on any atom is -0.507 e. The molecule has 1 aliphatic carbocycles. The maximum absolute atomic E-state index is 13.0. The van der Waals surface area contributed by atoms with Gasteiger partial charge in [-0.2, -0.15) is 0 Å². The first-order chi connectivity index (χ1) is 14.6. The van der Waals surface area contributed by atoms with Gasteiger partial charge < -0.3 is 10.8 Å². The van der Waals surface area contributed by atoms with Gasteiger partial charge in [-0.3, -0.25) is 9.59 Å². The fourth-order valence-corrected chi connectivity index (χ4v) is 5.19. The minimum absolute atomic E-state index is 0.0157. The molecule has 31 heavy (non-hydrogen) atoms. The van der Waals surface area contributed by atoms with Crippen LogP contribution in [0.4, 0.5) is 5.69 Å². The van der Waals surface area contributed by atoms with Crippen LogP contribution in [0.1, 0.15) is 31.8 Å². The molecular weight excluding hydrogens is 436 g/mol. The number of benzene rings is 3. The van der Waals surface area contributed by atoms with E-state index in [1.807, 2.05) is 0 Å².